The van der Waals surface area contributed by atoms with Crippen LogP contribution in [0.3, 0.4) is 0 Å². The van der Waals surface area contributed by atoms with E-state index in [1.807, 2.05) is 25.8 Å². The molecule has 0 spiro atoms. The number of hydrogen-bond donors (Lipinski definition) is 0. The molecule has 4 heteroatoms. The number of hydrogen-bond acceptors (Lipinski definition) is 4. The first-order valence-electron chi connectivity index (χ1n) is 5.06. The van der Waals surface area contributed by atoms with Crippen molar-refractivity contribution in [1.82, 2.24) is 4.98 Å². The van der Waals surface area contributed by atoms with Gasteiger partial charge in [0.05, 0.1) is 23.6 Å². The largest absolute Gasteiger partial charge is 0.358 e. The minimum Gasteiger partial charge on any atom is -0.358 e. The molecule has 0 N–H and O–H groups in total. The fourth-order valence-electron chi connectivity index (χ4n) is 1.46. The highest BCUT2D eigenvalue weighted by Gasteiger charge is 2.08. The molecule has 1 atom stereocenters. The summed E-state index contributed by atoms with van der Waals surface area (Å²) in [6, 6.07) is 7.75. The average molecular weight is 214 g/mol. The lowest BCUT2D eigenvalue weighted by molar-refractivity contribution is 0.709. The summed E-state index contributed by atoms with van der Waals surface area (Å²) in [5, 5.41) is 17.6. The third-order valence-corrected chi connectivity index (χ3v) is 2.23. The summed E-state index contributed by atoms with van der Waals surface area (Å²) < 4.78 is 0. The van der Waals surface area contributed by atoms with Crippen molar-refractivity contribution < 1.29 is 0 Å². The quantitative estimate of drug-likeness (QED) is 0.770. The third-order valence-electron chi connectivity index (χ3n) is 2.23. The molecule has 0 aromatic carbocycles. The minimum absolute atomic E-state index is 0.0575. The van der Waals surface area contributed by atoms with E-state index < -0.39 is 0 Å². The number of nitriles is 2. The second-order valence-electron chi connectivity index (χ2n) is 3.88. The van der Waals surface area contributed by atoms with Crippen LogP contribution in [0.25, 0.3) is 0 Å². The molecule has 82 valence electrons. The number of rotatable bonds is 3. The number of aryl methyl sites for hydroxylation is 1. The Morgan fingerprint density at radius 1 is 1.44 bits per heavy atom. The second-order valence-corrected chi connectivity index (χ2v) is 3.88. The zero-order chi connectivity index (χ0) is 12.1. The van der Waals surface area contributed by atoms with E-state index in [1.54, 1.807) is 12.1 Å². The molecule has 1 aromatic heterocycles. The molecule has 0 aliphatic rings. The summed E-state index contributed by atoms with van der Waals surface area (Å²) in [6.07, 6.45) is 0. The topological polar surface area (TPSA) is 63.7 Å². The van der Waals surface area contributed by atoms with Gasteiger partial charge < -0.3 is 4.90 Å². The summed E-state index contributed by atoms with van der Waals surface area (Å²) in [5.74, 6) is 0.677. The summed E-state index contributed by atoms with van der Waals surface area (Å²) in [6.45, 7) is 4.32. The van der Waals surface area contributed by atoms with Crippen molar-refractivity contribution in [3.63, 3.8) is 0 Å². The van der Waals surface area contributed by atoms with Crippen LogP contribution in [0.15, 0.2) is 12.1 Å². The average Bonchev–Trinajstić information content (AvgIpc) is 2.27. The fourth-order valence-corrected chi connectivity index (χ4v) is 1.46. The molecular formula is C12H14N4. The maximum absolute atomic E-state index is 8.85. The first-order chi connectivity index (χ1) is 7.56. The van der Waals surface area contributed by atoms with Crippen LogP contribution in [0.5, 0.6) is 0 Å². The van der Waals surface area contributed by atoms with E-state index in [4.69, 9.17) is 10.5 Å². The van der Waals surface area contributed by atoms with Crippen molar-refractivity contribution in [1.29, 1.82) is 10.5 Å². The molecule has 16 heavy (non-hydrogen) atoms. The SMILES string of the molecule is Cc1cc(C#N)cc(N(C)CC(C)C#N)n1. The number of pyridine rings is 1. The van der Waals surface area contributed by atoms with E-state index in [0.717, 1.165) is 11.5 Å². The lowest BCUT2D eigenvalue weighted by Gasteiger charge is -2.19. The van der Waals surface area contributed by atoms with Gasteiger partial charge in [-0.2, -0.15) is 10.5 Å². The molecule has 4 nitrogen and oxygen atoms in total. The fraction of sp³-hybridized carbons (Fsp3) is 0.417. The van der Waals surface area contributed by atoms with Crippen molar-refractivity contribution in [2.45, 2.75) is 13.8 Å². The standard InChI is InChI=1S/C12H14N4/c1-9(6-13)8-16(3)12-5-11(7-14)4-10(2)15-12/h4-5,9H,8H2,1-3H3. The monoisotopic (exact) mass is 214 g/mol. The zero-order valence-electron chi connectivity index (χ0n) is 9.73. The molecule has 1 rings (SSSR count). The Labute approximate surface area is 95.8 Å². The number of anilines is 1. The molecule has 0 bridgehead atoms. The van der Waals surface area contributed by atoms with Crippen molar-refractivity contribution in [2.75, 3.05) is 18.5 Å². The Balaban J connectivity index is 2.92. The molecule has 0 radical (unpaired) electrons. The molecular weight excluding hydrogens is 200 g/mol. The summed E-state index contributed by atoms with van der Waals surface area (Å²) >= 11 is 0. The van der Waals surface area contributed by atoms with Crippen molar-refractivity contribution in [3.8, 4) is 12.1 Å². The Kier molecular flexibility index (Phi) is 3.85. The van der Waals surface area contributed by atoms with Crippen molar-refractivity contribution in [2.24, 2.45) is 5.92 Å². The molecule has 0 aliphatic carbocycles. The zero-order valence-corrected chi connectivity index (χ0v) is 9.73. The minimum atomic E-state index is -0.0575. The summed E-state index contributed by atoms with van der Waals surface area (Å²) in [7, 11) is 1.87. The van der Waals surface area contributed by atoms with E-state index in [2.05, 4.69) is 17.1 Å². The van der Waals surface area contributed by atoms with Crippen LogP contribution >= 0.6 is 0 Å². The normalized spacial score (nSPS) is 11.3. The van der Waals surface area contributed by atoms with E-state index in [9.17, 15) is 0 Å². The molecule has 1 unspecified atom stereocenters. The van der Waals surface area contributed by atoms with Crippen LogP contribution in [-0.4, -0.2) is 18.6 Å². The number of aromatic nitrogens is 1. The summed E-state index contributed by atoms with van der Waals surface area (Å²) in [5.41, 5.74) is 1.41. The Bertz CT molecular complexity index is 453. The Morgan fingerprint density at radius 2 is 2.12 bits per heavy atom. The first kappa shape index (κ1) is 12.0. The molecule has 1 aromatic rings. The van der Waals surface area contributed by atoms with Gasteiger partial charge in [0.15, 0.2) is 0 Å². The van der Waals surface area contributed by atoms with Gasteiger partial charge in [0, 0.05) is 19.3 Å². The Hall–Kier alpha value is -2.07. The van der Waals surface area contributed by atoms with Crippen LogP contribution in [0, 0.1) is 35.5 Å². The van der Waals surface area contributed by atoms with Gasteiger partial charge in [0.1, 0.15) is 5.82 Å². The van der Waals surface area contributed by atoms with Gasteiger partial charge in [0.2, 0.25) is 0 Å². The second kappa shape index (κ2) is 5.14. The molecule has 0 fully saturated rings. The van der Waals surface area contributed by atoms with Gasteiger partial charge in [-0.3, -0.25) is 0 Å². The smallest absolute Gasteiger partial charge is 0.129 e. The van der Waals surface area contributed by atoms with Gasteiger partial charge in [-0.15, -0.1) is 0 Å². The first-order valence-corrected chi connectivity index (χ1v) is 5.06. The van der Waals surface area contributed by atoms with E-state index in [-0.39, 0.29) is 5.92 Å². The highest BCUT2D eigenvalue weighted by molar-refractivity contribution is 5.46. The molecule has 0 amide bonds. The van der Waals surface area contributed by atoms with Crippen LogP contribution in [-0.2, 0) is 0 Å². The van der Waals surface area contributed by atoms with Gasteiger partial charge in [0.25, 0.3) is 0 Å². The maximum Gasteiger partial charge on any atom is 0.129 e. The van der Waals surface area contributed by atoms with Crippen LogP contribution in [0.1, 0.15) is 18.2 Å². The highest BCUT2D eigenvalue weighted by Crippen LogP contribution is 2.14. The predicted octanol–water partition coefficient (Wildman–Crippen LogP) is 1.86. The van der Waals surface area contributed by atoms with Crippen LogP contribution in [0.4, 0.5) is 5.82 Å². The maximum atomic E-state index is 8.85. The van der Waals surface area contributed by atoms with Crippen LogP contribution in [0.2, 0.25) is 0 Å². The molecule has 0 saturated carbocycles. The highest BCUT2D eigenvalue weighted by atomic mass is 15.2. The predicted molar refractivity (Wildman–Crippen MR) is 61.7 cm³/mol. The summed E-state index contributed by atoms with van der Waals surface area (Å²) in [4.78, 5) is 6.23. The molecule has 0 saturated heterocycles. The van der Waals surface area contributed by atoms with Crippen LogP contribution < -0.4 is 4.90 Å². The van der Waals surface area contributed by atoms with Crippen molar-refractivity contribution >= 4 is 5.82 Å². The lowest BCUT2D eigenvalue weighted by Crippen LogP contribution is -2.24. The Morgan fingerprint density at radius 3 is 2.69 bits per heavy atom. The van der Waals surface area contributed by atoms with Gasteiger partial charge in [-0.1, -0.05) is 0 Å². The van der Waals surface area contributed by atoms with E-state index >= 15 is 0 Å². The van der Waals surface area contributed by atoms with Gasteiger partial charge in [-0.25, -0.2) is 4.98 Å². The van der Waals surface area contributed by atoms with Gasteiger partial charge in [-0.05, 0) is 26.0 Å². The molecule has 0 aliphatic heterocycles. The van der Waals surface area contributed by atoms with E-state index in [0.29, 0.717) is 12.1 Å². The number of nitrogens with zero attached hydrogens (tertiary/aromatic N) is 4. The van der Waals surface area contributed by atoms with E-state index in [1.165, 1.54) is 0 Å². The third kappa shape index (κ3) is 2.96. The lowest BCUT2D eigenvalue weighted by atomic mass is 10.2. The van der Waals surface area contributed by atoms with Gasteiger partial charge >= 0.3 is 0 Å². The van der Waals surface area contributed by atoms with Crippen molar-refractivity contribution in [3.05, 3.63) is 23.4 Å². The molecule has 1 heterocycles.